The predicted octanol–water partition coefficient (Wildman–Crippen LogP) is 3.84. The number of thiophene rings is 1. The van der Waals surface area contributed by atoms with Crippen LogP contribution in [0.25, 0.3) is 0 Å². The van der Waals surface area contributed by atoms with E-state index in [4.69, 9.17) is 4.74 Å². The molecule has 2 aliphatic heterocycles. The van der Waals surface area contributed by atoms with Gasteiger partial charge in [0.15, 0.2) is 0 Å². The smallest absolute Gasteiger partial charge is 0.146 e. The number of rotatable bonds is 3. The van der Waals surface area contributed by atoms with Crippen LogP contribution in [-0.2, 0) is 17.7 Å². The van der Waals surface area contributed by atoms with E-state index >= 15 is 0 Å². The normalized spacial score (nSPS) is 21.8. The van der Waals surface area contributed by atoms with E-state index in [-0.39, 0.29) is 5.82 Å². The van der Waals surface area contributed by atoms with E-state index in [9.17, 15) is 4.39 Å². The maximum Gasteiger partial charge on any atom is 0.146 e. The second-order valence-corrected chi connectivity index (χ2v) is 7.58. The molecule has 0 saturated carbocycles. The molecule has 0 bridgehead atoms. The van der Waals surface area contributed by atoms with Gasteiger partial charge in [-0.15, -0.1) is 11.3 Å². The molecule has 2 aromatic rings. The minimum absolute atomic E-state index is 0.115. The van der Waals surface area contributed by atoms with Crippen LogP contribution >= 0.6 is 11.3 Å². The Labute approximate surface area is 146 Å². The molecule has 0 spiro atoms. The second kappa shape index (κ2) is 6.82. The van der Waals surface area contributed by atoms with Gasteiger partial charge in [-0.3, -0.25) is 4.90 Å². The van der Waals surface area contributed by atoms with Crippen molar-refractivity contribution in [2.75, 3.05) is 37.7 Å². The summed E-state index contributed by atoms with van der Waals surface area (Å²) in [5.74, 6) is -0.115. The number of anilines is 1. The van der Waals surface area contributed by atoms with Crippen molar-refractivity contribution in [2.24, 2.45) is 0 Å². The van der Waals surface area contributed by atoms with Crippen molar-refractivity contribution in [1.29, 1.82) is 0 Å². The minimum Gasteiger partial charge on any atom is -0.378 e. The molecule has 128 valence electrons. The third-order valence-electron chi connectivity index (χ3n) is 5.15. The number of morpholine rings is 1. The SMILES string of the molecule is CC1c2ccsc2CCN1Cc1ccc(N2CCOCC2)c(F)c1. The zero-order valence-corrected chi connectivity index (χ0v) is 14.8. The molecule has 1 aromatic heterocycles. The molecular formula is C19H23FN2OS. The molecule has 0 N–H and O–H groups in total. The van der Waals surface area contributed by atoms with Gasteiger partial charge in [-0.05, 0) is 48.1 Å². The van der Waals surface area contributed by atoms with Crippen molar-refractivity contribution >= 4 is 17.0 Å². The molecule has 1 fully saturated rings. The van der Waals surface area contributed by atoms with Gasteiger partial charge in [-0.1, -0.05) is 6.07 Å². The number of ether oxygens (including phenoxy) is 1. The number of hydrogen-bond acceptors (Lipinski definition) is 4. The van der Waals surface area contributed by atoms with E-state index in [1.807, 2.05) is 17.4 Å². The quantitative estimate of drug-likeness (QED) is 0.840. The minimum atomic E-state index is -0.115. The van der Waals surface area contributed by atoms with Gasteiger partial charge in [0.05, 0.1) is 18.9 Å². The number of halogens is 1. The molecule has 1 unspecified atom stereocenters. The number of fused-ring (bicyclic) bond motifs is 1. The van der Waals surface area contributed by atoms with Gasteiger partial charge in [-0.25, -0.2) is 4.39 Å². The third kappa shape index (κ3) is 3.08. The van der Waals surface area contributed by atoms with Gasteiger partial charge in [-0.2, -0.15) is 0 Å². The fraction of sp³-hybridized carbons (Fsp3) is 0.474. The molecule has 1 aromatic carbocycles. The van der Waals surface area contributed by atoms with Crippen LogP contribution in [0.2, 0.25) is 0 Å². The monoisotopic (exact) mass is 346 g/mol. The molecule has 3 heterocycles. The lowest BCUT2D eigenvalue weighted by atomic mass is 10.0. The summed E-state index contributed by atoms with van der Waals surface area (Å²) in [6.07, 6.45) is 1.10. The summed E-state index contributed by atoms with van der Waals surface area (Å²) >= 11 is 1.86. The molecule has 24 heavy (non-hydrogen) atoms. The summed E-state index contributed by atoms with van der Waals surface area (Å²) < 4.78 is 19.9. The Hall–Kier alpha value is -1.43. The van der Waals surface area contributed by atoms with Crippen LogP contribution in [0.15, 0.2) is 29.6 Å². The molecule has 5 heteroatoms. The zero-order chi connectivity index (χ0) is 16.5. The van der Waals surface area contributed by atoms with Gasteiger partial charge in [0.25, 0.3) is 0 Å². The average molecular weight is 346 g/mol. The molecular weight excluding hydrogens is 323 g/mol. The van der Waals surface area contributed by atoms with Crippen molar-refractivity contribution in [3.63, 3.8) is 0 Å². The maximum atomic E-state index is 14.6. The summed E-state index contributed by atoms with van der Waals surface area (Å²) in [7, 11) is 0. The molecule has 0 amide bonds. The predicted molar refractivity (Wildman–Crippen MR) is 96.3 cm³/mol. The standard InChI is InChI=1S/C19H23FN2OS/c1-14-16-5-11-24-19(16)4-6-22(14)13-15-2-3-18(17(20)12-15)21-7-9-23-10-8-21/h2-3,5,11-12,14H,4,6-10,13H2,1H3. The fourth-order valence-electron chi connectivity index (χ4n) is 3.72. The molecule has 2 aliphatic rings. The van der Waals surface area contributed by atoms with Gasteiger partial charge in [0.1, 0.15) is 5.82 Å². The van der Waals surface area contributed by atoms with Crippen molar-refractivity contribution in [3.05, 3.63) is 51.5 Å². The van der Waals surface area contributed by atoms with E-state index in [0.29, 0.717) is 24.9 Å². The number of benzene rings is 1. The molecule has 1 atom stereocenters. The first kappa shape index (κ1) is 16.1. The zero-order valence-electron chi connectivity index (χ0n) is 14.0. The topological polar surface area (TPSA) is 15.7 Å². The highest BCUT2D eigenvalue weighted by Crippen LogP contribution is 2.34. The van der Waals surface area contributed by atoms with Gasteiger partial charge in [0, 0.05) is 37.1 Å². The second-order valence-electron chi connectivity index (χ2n) is 6.58. The van der Waals surface area contributed by atoms with Crippen LogP contribution < -0.4 is 4.90 Å². The van der Waals surface area contributed by atoms with Crippen LogP contribution in [-0.4, -0.2) is 37.7 Å². The van der Waals surface area contributed by atoms with E-state index in [1.54, 1.807) is 6.07 Å². The Kier molecular flexibility index (Phi) is 4.57. The Balaban J connectivity index is 1.48. The van der Waals surface area contributed by atoms with E-state index in [2.05, 4.69) is 34.2 Å². The largest absolute Gasteiger partial charge is 0.378 e. The van der Waals surface area contributed by atoms with Gasteiger partial charge in [0.2, 0.25) is 0 Å². The third-order valence-corrected chi connectivity index (χ3v) is 6.15. The van der Waals surface area contributed by atoms with Crippen molar-refractivity contribution < 1.29 is 9.13 Å². The molecule has 1 saturated heterocycles. The summed E-state index contributed by atoms with van der Waals surface area (Å²) in [5, 5.41) is 2.18. The maximum absolute atomic E-state index is 14.6. The Morgan fingerprint density at radius 1 is 1.21 bits per heavy atom. The average Bonchev–Trinajstić information content (AvgIpc) is 3.08. The molecule has 0 aliphatic carbocycles. The molecule has 4 rings (SSSR count). The summed E-state index contributed by atoms with van der Waals surface area (Å²) in [4.78, 5) is 6.02. The Morgan fingerprint density at radius 3 is 2.83 bits per heavy atom. The van der Waals surface area contributed by atoms with E-state index in [0.717, 1.165) is 38.2 Å². The Bertz CT molecular complexity index is 711. The van der Waals surface area contributed by atoms with Crippen molar-refractivity contribution in [3.8, 4) is 0 Å². The van der Waals surface area contributed by atoms with Crippen LogP contribution in [0, 0.1) is 5.82 Å². The van der Waals surface area contributed by atoms with Crippen LogP contribution in [0.3, 0.4) is 0 Å². The fourth-order valence-corrected chi connectivity index (χ4v) is 4.68. The van der Waals surface area contributed by atoms with Crippen molar-refractivity contribution in [2.45, 2.75) is 25.9 Å². The summed E-state index contributed by atoms with van der Waals surface area (Å²) in [6.45, 7) is 6.98. The van der Waals surface area contributed by atoms with E-state index < -0.39 is 0 Å². The van der Waals surface area contributed by atoms with Crippen molar-refractivity contribution in [1.82, 2.24) is 4.90 Å². The first-order valence-electron chi connectivity index (χ1n) is 8.64. The van der Waals surface area contributed by atoms with Crippen LogP contribution in [0.1, 0.15) is 29.0 Å². The summed E-state index contributed by atoms with van der Waals surface area (Å²) in [5.41, 5.74) is 3.19. The van der Waals surface area contributed by atoms with Gasteiger partial charge >= 0.3 is 0 Å². The highest BCUT2D eigenvalue weighted by Gasteiger charge is 2.25. The molecule has 0 radical (unpaired) electrons. The summed E-state index contributed by atoms with van der Waals surface area (Å²) in [6, 6.07) is 8.35. The van der Waals surface area contributed by atoms with Crippen LogP contribution in [0.5, 0.6) is 0 Å². The first-order chi connectivity index (χ1) is 11.7. The highest BCUT2D eigenvalue weighted by molar-refractivity contribution is 7.10. The first-order valence-corrected chi connectivity index (χ1v) is 9.52. The Morgan fingerprint density at radius 2 is 2.04 bits per heavy atom. The number of nitrogens with zero attached hydrogens (tertiary/aromatic N) is 2. The lowest BCUT2D eigenvalue weighted by Crippen LogP contribution is -2.36. The lowest BCUT2D eigenvalue weighted by molar-refractivity contribution is 0.122. The van der Waals surface area contributed by atoms with Crippen LogP contribution in [0.4, 0.5) is 10.1 Å². The molecule has 3 nitrogen and oxygen atoms in total. The van der Waals surface area contributed by atoms with E-state index in [1.165, 1.54) is 10.4 Å². The van der Waals surface area contributed by atoms with Gasteiger partial charge < -0.3 is 9.64 Å². The lowest BCUT2D eigenvalue weighted by Gasteiger charge is -2.34. The highest BCUT2D eigenvalue weighted by atomic mass is 32.1. The number of hydrogen-bond donors (Lipinski definition) is 0.